The quantitative estimate of drug-likeness (QED) is 0.803. The van der Waals surface area contributed by atoms with E-state index in [1.165, 1.54) is 23.8 Å². The minimum absolute atomic E-state index is 0.0356. The van der Waals surface area contributed by atoms with Crippen LogP contribution in [0.5, 0.6) is 0 Å². The standard InChI is InChI=1S/C18H19FN2OS/c1-2-3-6-13-9-11-14(12-10-13)20-18(23)21-17(22)15-7-4-5-8-16(15)19/h4-5,7-12H,2-3,6H2,1H3,(H2,20,21,22,23). The Morgan fingerprint density at radius 2 is 1.83 bits per heavy atom. The lowest BCUT2D eigenvalue weighted by Gasteiger charge is -2.10. The summed E-state index contributed by atoms with van der Waals surface area (Å²) in [6, 6.07) is 13.7. The number of rotatable bonds is 5. The molecule has 0 saturated carbocycles. The van der Waals surface area contributed by atoms with Gasteiger partial charge in [-0.25, -0.2) is 4.39 Å². The summed E-state index contributed by atoms with van der Waals surface area (Å²) in [5.74, 6) is -1.15. The zero-order chi connectivity index (χ0) is 16.7. The number of benzene rings is 2. The maximum absolute atomic E-state index is 13.5. The van der Waals surface area contributed by atoms with Gasteiger partial charge in [-0.2, -0.15) is 0 Å². The van der Waals surface area contributed by atoms with Gasteiger partial charge in [0.25, 0.3) is 5.91 Å². The Bertz CT molecular complexity index is 686. The number of unbranched alkanes of at least 4 members (excludes halogenated alkanes) is 1. The summed E-state index contributed by atoms with van der Waals surface area (Å²) in [7, 11) is 0. The van der Waals surface area contributed by atoms with Crippen LogP contribution in [0.15, 0.2) is 48.5 Å². The van der Waals surface area contributed by atoms with Crippen LogP contribution in [-0.4, -0.2) is 11.0 Å². The van der Waals surface area contributed by atoms with Gasteiger partial charge < -0.3 is 5.32 Å². The molecule has 2 N–H and O–H groups in total. The third-order valence-electron chi connectivity index (χ3n) is 3.38. The van der Waals surface area contributed by atoms with Crippen LogP contribution in [0.4, 0.5) is 10.1 Å². The van der Waals surface area contributed by atoms with Gasteiger partial charge in [-0.3, -0.25) is 10.1 Å². The van der Waals surface area contributed by atoms with Crippen molar-refractivity contribution < 1.29 is 9.18 Å². The van der Waals surface area contributed by atoms with Crippen LogP contribution in [0, 0.1) is 5.82 Å². The van der Waals surface area contributed by atoms with Gasteiger partial charge in [-0.05, 0) is 54.9 Å². The van der Waals surface area contributed by atoms with Crippen molar-refractivity contribution in [2.24, 2.45) is 0 Å². The Morgan fingerprint density at radius 3 is 2.48 bits per heavy atom. The minimum atomic E-state index is -0.576. The van der Waals surface area contributed by atoms with Crippen molar-refractivity contribution in [2.45, 2.75) is 26.2 Å². The number of nitrogens with one attached hydrogen (secondary N) is 2. The van der Waals surface area contributed by atoms with Crippen LogP contribution in [0.2, 0.25) is 0 Å². The van der Waals surface area contributed by atoms with E-state index >= 15 is 0 Å². The predicted molar refractivity (Wildman–Crippen MR) is 95.1 cm³/mol. The smallest absolute Gasteiger partial charge is 0.260 e. The lowest BCUT2D eigenvalue weighted by Crippen LogP contribution is -2.34. The number of amides is 1. The molecule has 0 aromatic heterocycles. The van der Waals surface area contributed by atoms with E-state index < -0.39 is 11.7 Å². The maximum atomic E-state index is 13.5. The molecule has 0 unspecified atom stereocenters. The van der Waals surface area contributed by atoms with Gasteiger partial charge in [-0.1, -0.05) is 37.6 Å². The monoisotopic (exact) mass is 330 g/mol. The third kappa shape index (κ3) is 5.14. The zero-order valence-electron chi connectivity index (χ0n) is 12.9. The van der Waals surface area contributed by atoms with Crippen LogP contribution >= 0.6 is 12.2 Å². The Morgan fingerprint density at radius 1 is 1.13 bits per heavy atom. The number of hydrogen-bond donors (Lipinski definition) is 2. The summed E-state index contributed by atoms with van der Waals surface area (Å²) in [5, 5.41) is 5.54. The molecule has 1 amide bonds. The Hall–Kier alpha value is -2.27. The van der Waals surface area contributed by atoms with Gasteiger partial charge >= 0.3 is 0 Å². The van der Waals surface area contributed by atoms with Crippen LogP contribution in [0.3, 0.4) is 0 Å². The third-order valence-corrected chi connectivity index (χ3v) is 3.58. The average Bonchev–Trinajstić information content (AvgIpc) is 2.54. The molecule has 0 saturated heterocycles. The van der Waals surface area contributed by atoms with Crippen molar-refractivity contribution >= 4 is 28.9 Å². The first-order valence-corrected chi connectivity index (χ1v) is 7.96. The number of hydrogen-bond acceptors (Lipinski definition) is 2. The number of aryl methyl sites for hydroxylation is 1. The molecule has 5 heteroatoms. The highest BCUT2D eigenvalue weighted by atomic mass is 32.1. The van der Waals surface area contributed by atoms with Gasteiger partial charge in [0, 0.05) is 5.69 Å². The van der Waals surface area contributed by atoms with Crippen LogP contribution in [-0.2, 0) is 6.42 Å². The fourth-order valence-electron chi connectivity index (χ4n) is 2.11. The van der Waals surface area contributed by atoms with Crippen LogP contribution in [0.1, 0.15) is 35.7 Å². The molecule has 2 aromatic rings. The van der Waals surface area contributed by atoms with Crippen molar-refractivity contribution in [3.05, 3.63) is 65.5 Å². The number of anilines is 1. The number of carbonyl (C=O) groups is 1. The van der Waals surface area contributed by atoms with Gasteiger partial charge in [0.2, 0.25) is 0 Å². The molecule has 0 atom stereocenters. The van der Waals surface area contributed by atoms with Crippen molar-refractivity contribution in [1.29, 1.82) is 0 Å². The number of carbonyl (C=O) groups excluding carboxylic acids is 1. The van der Waals surface area contributed by atoms with Gasteiger partial charge in [-0.15, -0.1) is 0 Å². The molecular weight excluding hydrogens is 311 g/mol. The molecule has 0 aliphatic carbocycles. The van der Waals surface area contributed by atoms with E-state index in [9.17, 15) is 9.18 Å². The molecule has 0 spiro atoms. The molecule has 2 aromatic carbocycles. The Kier molecular flexibility index (Phi) is 6.23. The number of halogens is 1. The topological polar surface area (TPSA) is 41.1 Å². The molecule has 23 heavy (non-hydrogen) atoms. The molecule has 0 heterocycles. The highest BCUT2D eigenvalue weighted by Gasteiger charge is 2.12. The summed E-state index contributed by atoms with van der Waals surface area (Å²) in [6.07, 6.45) is 3.36. The lowest BCUT2D eigenvalue weighted by molar-refractivity contribution is 0.0974. The van der Waals surface area contributed by atoms with Crippen molar-refractivity contribution in [3.8, 4) is 0 Å². The highest BCUT2D eigenvalue weighted by Crippen LogP contribution is 2.12. The van der Waals surface area contributed by atoms with E-state index in [1.807, 2.05) is 24.3 Å². The van der Waals surface area contributed by atoms with Gasteiger partial charge in [0.1, 0.15) is 5.82 Å². The van der Waals surface area contributed by atoms with Crippen LogP contribution < -0.4 is 10.6 Å². The van der Waals surface area contributed by atoms with Crippen molar-refractivity contribution in [1.82, 2.24) is 5.32 Å². The average molecular weight is 330 g/mol. The summed E-state index contributed by atoms with van der Waals surface area (Å²) < 4.78 is 13.5. The Labute approximate surface area is 140 Å². The molecule has 2 rings (SSSR count). The number of thiocarbonyl (C=S) groups is 1. The van der Waals surface area contributed by atoms with Crippen molar-refractivity contribution in [2.75, 3.05) is 5.32 Å². The van der Waals surface area contributed by atoms with Gasteiger partial charge in [0.15, 0.2) is 5.11 Å². The highest BCUT2D eigenvalue weighted by molar-refractivity contribution is 7.80. The first kappa shape index (κ1) is 17.1. The van der Waals surface area contributed by atoms with Crippen molar-refractivity contribution in [3.63, 3.8) is 0 Å². The molecule has 0 aliphatic rings. The molecule has 0 aliphatic heterocycles. The predicted octanol–water partition coefficient (Wildman–Crippen LogP) is 4.30. The van der Waals surface area contributed by atoms with E-state index in [4.69, 9.17) is 12.2 Å². The molecule has 0 fully saturated rings. The van der Waals surface area contributed by atoms with E-state index in [-0.39, 0.29) is 10.7 Å². The minimum Gasteiger partial charge on any atom is -0.332 e. The van der Waals surface area contributed by atoms with E-state index in [2.05, 4.69) is 17.6 Å². The fraction of sp³-hybridized carbons (Fsp3) is 0.222. The molecule has 3 nitrogen and oxygen atoms in total. The fourth-order valence-corrected chi connectivity index (χ4v) is 2.32. The SMILES string of the molecule is CCCCc1ccc(NC(=S)NC(=O)c2ccccc2F)cc1. The van der Waals surface area contributed by atoms with Gasteiger partial charge in [0.05, 0.1) is 5.56 Å². The maximum Gasteiger partial charge on any atom is 0.260 e. The van der Waals surface area contributed by atoms with E-state index in [0.717, 1.165) is 24.9 Å². The molecular formula is C18H19FN2OS. The molecule has 0 bridgehead atoms. The molecule has 120 valence electrons. The van der Waals surface area contributed by atoms with E-state index in [1.54, 1.807) is 6.07 Å². The molecule has 0 radical (unpaired) electrons. The second kappa shape index (κ2) is 8.39. The lowest BCUT2D eigenvalue weighted by atomic mass is 10.1. The largest absolute Gasteiger partial charge is 0.332 e. The zero-order valence-corrected chi connectivity index (χ0v) is 13.8. The normalized spacial score (nSPS) is 10.2. The second-order valence-electron chi connectivity index (χ2n) is 5.19. The first-order chi connectivity index (χ1) is 11.1. The second-order valence-corrected chi connectivity index (χ2v) is 5.60. The van der Waals surface area contributed by atoms with E-state index in [0.29, 0.717) is 0 Å². The summed E-state index contributed by atoms with van der Waals surface area (Å²) in [4.78, 5) is 12.0. The summed E-state index contributed by atoms with van der Waals surface area (Å²) >= 11 is 5.09. The first-order valence-electron chi connectivity index (χ1n) is 7.56. The van der Waals surface area contributed by atoms with Crippen LogP contribution in [0.25, 0.3) is 0 Å². The summed E-state index contributed by atoms with van der Waals surface area (Å²) in [5.41, 5.74) is 2.01. The summed E-state index contributed by atoms with van der Waals surface area (Å²) in [6.45, 7) is 2.16. The Balaban J connectivity index is 1.92.